The van der Waals surface area contributed by atoms with E-state index in [0.29, 0.717) is 5.46 Å². The van der Waals surface area contributed by atoms with Crippen LogP contribution in [0.3, 0.4) is 0 Å². The largest absolute Gasteiger partial charge is 0.535 e. The molecule has 0 radical (unpaired) electrons. The summed E-state index contributed by atoms with van der Waals surface area (Å²) in [6.07, 6.45) is -0.207. The maximum atomic E-state index is 15.4. The molecule has 1 fully saturated rings. The molecular weight excluding hydrogens is 252 g/mol. The van der Waals surface area contributed by atoms with Crippen LogP contribution in [0.1, 0.15) is 18.6 Å². The fourth-order valence-electron chi connectivity index (χ4n) is 3.06. The van der Waals surface area contributed by atoms with Crippen LogP contribution >= 0.6 is 0 Å². The van der Waals surface area contributed by atoms with Gasteiger partial charge in [-0.25, -0.2) is 0 Å². The molecular formula is C16H19BFNO. The average Bonchev–Trinajstić information content (AvgIpc) is 2.75. The third kappa shape index (κ3) is 2.05. The Bertz CT molecular complexity index is 580. The van der Waals surface area contributed by atoms with Crippen LogP contribution in [0.2, 0.25) is 0 Å². The second-order valence-corrected chi connectivity index (χ2v) is 5.60. The summed E-state index contributed by atoms with van der Waals surface area (Å²) in [7, 11) is 1.88. The lowest BCUT2D eigenvalue weighted by Gasteiger charge is -2.31. The van der Waals surface area contributed by atoms with E-state index < -0.39 is 6.76 Å². The monoisotopic (exact) mass is 271 g/mol. The number of nitrogens with one attached hydrogen (secondary N) is 1. The summed E-state index contributed by atoms with van der Waals surface area (Å²) in [5, 5.41) is 0. The second-order valence-electron chi connectivity index (χ2n) is 5.60. The molecule has 0 aromatic heterocycles. The van der Waals surface area contributed by atoms with Gasteiger partial charge in [-0.1, -0.05) is 66.1 Å². The van der Waals surface area contributed by atoms with Crippen LogP contribution in [0.5, 0.6) is 0 Å². The van der Waals surface area contributed by atoms with Gasteiger partial charge in [0.2, 0.25) is 0 Å². The highest BCUT2D eigenvalue weighted by Crippen LogP contribution is 2.27. The molecule has 4 atom stereocenters. The van der Waals surface area contributed by atoms with Crippen molar-refractivity contribution in [1.82, 2.24) is 0 Å². The summed E-state index contributed by atoms with van der Waals surface area (Å²) in [5.74, 6) is 0. The fourth-order valence-corrected chi connectivity index (χ4v) is 3.06. The van der Waals surface area contributed by atoms with Crippen molar-refractivity contribution in [3.05, 3.63) is 66.2 Å². The van der Waals surface area contributed by atoms with Gasteiger partial charge in [-0.3, -0.25) is 0 Å². The Kier molecular flexibility index (Phi) is 3.36. The second kappa shape index (κ2) is 5.04. The average molecular weight is 271 g/mol. The topological polar surface area (TPSA) is 13.7 Å². The predicted octanol–water partition coefficient (Wildman–Crippen LogP) is 1.48. The van der Waals surface area contributed by atoms with E-state index in [1.807, 2.05) is 74.6 Å². The lowest BCUT2D eigenvalue weighted by Crippen LogP contribution is -3.22. The maximum absolute atomic E-state index is 15.4. The lowest BCUT2D eigenvalue weighted by atomic mass is 9.66. The fraction of sp³-hybridized carbons (Fsp3) is 0.250. The highest BCUT2D eigenvalue weighted by Gasteiger charge is 2.52. The molecule has 1 aliphatic heterocycles. The molecule has 2 nitrogen and oxygen atoms in total. The van der Waals surface area contributed by atoms with Crippen molar-refractivity contribution < 1.29 is 13.8 Å². The van der Waals surface area contributed by atoms with Gasteiger partial charge in [-0.15, -0.1) is 0 Å². The van der Waals surface area contributed by atoms with Gasteiger partial charge in [-0.05, 0) is 12.5 Å². The van der Waals surface area contributed by atoms with Crippen molar-refractivity contribution in [2.45, 2.75) is 19.1 Å². The Labute approximate surface area is 119 Å². The Morgan fingerprint density at radius 3 is 2.15 bits per heavy atom. The van der Waals surface area contributed by atoms with E-state index in [2.05, 4.69) is 0 Å². The highest BCUT2D eigenvalue weighted by molar-refractivity contribution is 6.73. The van der Waals surface area contributed by atoms with E-state index >= 15 is 4.32 Å². The van der Waals surface area contributed by atoms with Gasteiger partial charge in [0.05, 0.1) is 12.1 Å². The van der Waals surface area contributed by atoms with Crippen molar-refractivity contribution in [3.8, 4) is 0 Å². The number of hydrogen-bond donors (Lipinski definition) is 1. The molecule has 0 spiro atoms. The summed E-state index contributed by atoms with van der Waals surface area (Å²) in [6.45, 7) is -0.500. The van der Waals surface area contributed by atoms with Crippen LogP contribution in [0.25, 0.3) is 0 Å². The van der Waals surface area contributed by atoms with Gasteiger partial charge in [-0.2, -0.15) is 0 Å². The van der Waals surface area contributed by atoms with E-state index in [-0.39, 0.29) is 12.1 Å². The summed E-state index contributed by atoms with van der Waals surface area (Å²) >= 11 is 0. The smallest absolute Gasteiger partial charge is 0.496 e. The molecule has 104 valence electrons. The van der Waals surface area contributed by atoms with Crippen molar-refractivity contribution in [1.29, 1.82) is 0 Å². The van der Waals surface area contributed by atoms with Crippen LogP contribution < -0.4 is 10.3 Å². The SMILES string of the molecule is CC1C(c2ccccc2)O[B-](F)(c2ccccc2)[NH+]1C. The molecule has 1 saturated heterocycles. The molecule has 20 heavy (non-hydrogen) atoms. The van der Waals surface area contributed by atoms with Crippen LogP contribution in [-0.4, -0.2) is 19.9 Å². The maximum Gasteiger partial charge on any atom is 0.535 e. The molecule has 4 heteroatoms. The predicted molar refractivity (Wildman–Crippen MR) is 79.6 cm³/mol. The van der Waals surface area contributed by atoms with Crippen molar-refractivity contribution in [3.63, 3.8) is 0 Å². The third-order valence-electron chi connectivity index (χ3n) is 4.45. The molecule has 0 bridgehead atoms. The van der Waals surface area contributed by atoms with Crippen molar-refractivity contribution in [2.75, 3.05) is 7.05 Å². The van der Waals surface area contributed by atoms with E-state index in [4.69, 9.17) is 4.65 Å². The zero-order valence-corrected chi connectivity index (χ0v) is 11.8. The minimum Gasteiger partial charge on any atom is -0.496 e. The first-order valence-corrected chi connectivity index (χ1v) is 7.08. The summed E-state index contributed by atoms with van der Waals surface area (Å²) in [4.78, 5) is 0.796. The van der Waals surface area contributed by atoms with Gasteiger partial charge in [0.15, 0.2) is 0 Å². The molecule has 0 amide bonds. The van der Waals surface area contributed by atoms with Crippen molar-refractivity contribution >= 4 is 12.2 Å². The number of quaternary nitrogens is 1. The molecule has 1 aliphatic rings. The summed E-state index contributed by atoms with van der Waals surface area (Å²) in [6, 6.07) is 19.2. The molecule has 1 heterocycles. The van der Waals surface area contributed by atoms with E-state index in [0.717, 1.165) is 10.4 Å². The molecule has 3 rings (SSSR count). The van der Waals surface area contributed by atoms with Crippen LogP contribution in [-0.2, 0) is 4.65 Å². The van der Waals surface area contributed by atoms with Gasteiger partial charge in [0.1, 0.15) is 0 Å². The zero-order valence-electron chi connectivity index (χ0n) is 11.8. The van der Waals surface area contributed by atoms with Crippen molar-refractivity contribution in [2.24, 2.45) is 0 Å². The van der Waals surface area contributed by atoms with Crippen LogP contribution in [0.4, 0.5) is 4.32 Å². The number of hydrogen-bond acceptors (Lipinski definition) is 1. The molecule has 0 aliphatic carbocycles. The Morgan fingerprint density at radius 2 is 1.55 bits per heavy atom. The standard InChI is InChI=1S/C16H19BFNO/c1-13-16(14-9-5-3-6-10-14)20-17(18,19(13)2)15-11-7-4-8-12-15/h3-13,16,19H,1-2H3. The normalized spacial score (nSPS) is 33.2. The Hall–Kier alpha value is -1.65. The van der Waals surface area contributed by atoms with Crippen LogP contribution in [0.15, 0.2) is 60.7 Å². The van der Waals surface area contributed by atoms with Gasteiger partial charge < -0.3 is 13.8 Å². The minimum absolute atomic E-state index is 0.0719. The third-order valence-corrected chi connectivity index (χ3v) is 4.45. The molecule has 2 aromatic carbocycles. The first-order chi connectivity index (χ1) is 9.63. The molecule has 1 N–H and O–H groups in total. The first-order valence-electron chi connectivity index (χ1n) is 7.08. The van der Waals surface area contributed by atoms with E-state index in [9.17, 15) is 0 Å². The van der Waals surface area contributed by atoms with Crippen LogP contribution in [0, 0.1) is 0 Å². The quantitative estimate of drug-likeness (QED) is 0.817. The zero-order chi connectivity index (χ0) is 14.2. The summed E-state index contributed by atoms with van der Waals surface area (Å²) < 4.78 is 21.3. The number of benzene rings is 2. The first kappa shape index (κ1) is 13.3. The number of likely N-dealkylation sites (N-methyl/N-ethyl adjacent to an activating group) is 1. The molecule has 4 unspecified atom stereocenters. The minimum atomic E-state index is -2.54. The van der Waals surface area contributed by atoms with Gasteiger partial charge >= 0.3 is 6.76 Å². The Morgan fingerprint density at radius 1 is 1.00 bits per heavy atom. The summed E-state index contributed by atoms with van der Waals surface area (Å²) in [5.41, 5.74) is 1.67. The number of halogens is 1. The van der Waals surface area contributed by atoms with E-state index in [1.54, 1.807) is 0 Å². The number of rotatable bonds is 2. The lowest BCUT2D eigenvalue weighted by molar-refractivity contribution is -0.800. The highest BCUT2D eigenvalue weighted by atomic mass is 19.1. The van der Waals surface area contributed by atoms with Gasteiger partial charge in [0.25, 0.3) is 0 Å². The molecule has 2 aromatic rings. The van der Waals surface area contributed by atoms with E-state index in [1.165, 1.54) is 0 Å². The Balaban J connectivity index is 1.97. The van der Waals surface area contributed by atoms with Gasteiger partial charge in [0, 0.05) is 7.05 Å². The molecule has 0 saturated carbocycles.